The Morgan fingerprint density at radius 3 is 2.47 bits per heavy atom. The highest BCUT2D eigenvalue weighted by molar-refractivity contribution is 7.84. The third kappa shape index (κ3) is 2.98. The second-order valence-electron chi connectivity index (χ2n) is 3.01. The lowest BCUT2D eigenvalue weighted by Crippen LogP contribution is -2.27. The summed E-state index contributed by atoms with van der Waals surface area (Å²) in [7, 11) is -1.05. The van der Waals surface area contributed by atoms with Gasteiger partial charge in [-0.1, -0.05) is 11.6 Å². The number of nitrogen functional groups attached to an aromatic ring is 1. The van der Waals surface area contributed by atoms with E-state index in [9.17, 15) is 8.42 Å². The maximum absolute atomic E-state index is 11.4. The van der Waals surface area contributed by atoms with Crippen LogP contribution in [-0.2, 0) is 10.3 Å². The van der Waals surface area contributed by atoms with Gasteiger partial charge in [-0.3, -0.25) is 0 Å². The van der Waals surface area contributed by atoms with E-state index in [2.05, 4.69) is 0 Å². The monoisotopic (exact) mass is 250 g/mol. The summed E-state index contributed by atoms with van der Waals surface area (Å²) >= 11 is 5.66. The molecule has 0 unspecified atom stereocenters. The molecule has 0 fully saturated rings. The summed E-state index contributed by atoms with van der Waals surface area (Å²) in [5.74, 6) is 0.0631. The normalized spacial score (nSPS) is 11.7. The largest absolute Gasteiger partial charge is 0.396 e. The molecule has 0 spiro atoms. The van der Waals surface area contributed by atoms with Crippen LogP contribution in [0.5, 0.6) is 5.75 Å². The highest BCUT2D eigenvalue weighted by Crippen LogP contribution is 2.26. The number of nitrogens with two attached hydrogens (primary N) is 1. The van der Waals surface area contributed by atoms with Crippen LogP contribution < -0.4 is 9.92 Å². The Morgan fingerprint density at radius 1 is 1.40 bits per heavy atom. The Hall–Kier alpha value is -0.980. The van der Waals surface area contributed by atoms with Crippen molar-refractivity contribution >= 4 is 27.6 Å². The first-order valence-corrected chi connectivity index (χ1v) is 5.74. The molecule has 15 heavy (non-hydrogen) atoms. The molecule has 1 aromatic carbocycles. The van der Waals surface area contributed by atoms with Gasteiger partial charge >= 0.3 is 10.3 Å². The van der Waals surface area contributed by atoms with E-state index in [0.717, 1.165) is 4.31 Å². The van der Waals surface area contributed by atoms with Gasteiger partial charge < -0.3 is 9.92 Å². The van der Waals surface area contributed by atoms with Gasteiger partial charge in [-0.15, -0.1) is 0 Å². The fourth-order valence-electron chi connectivity index (χ4n) is 0.783. The number of nitrogens with zero attached hydrogens (tertiary/aromatic N) is 1. The van der Waals surface area contributed by atoms with Crippen molar-refractivity contribution in [1.82, 2.24) is 4.31 Å². The molecule has 0 aliphatic rings. The molecular weight excluding hydrogens is 240 g/mol. The Morgan fingerprint density at radius 2 is 2.00 bits per heavy atom. The standard InChI is InChI=1S/C8H11ClN2O3S/c1-11(2)15(12,13)14-8-4-3-6(9)5-7(8)10/h3-5H,10H2,1-2H3. The molecule has 0 aliphatic carbocycles. The lowest BCUT2D eigenvalue weighted by atomic mass is 10.3. The van der Waals surface area contributed by atoms with E-state index in [-0.39, 0.29) is 11.4 Å². The molecule has 84 valence electrons. The molecular formula is C8H11ClN2O3S. The molecule has 0 aromatic heterocycles. The van der Waals surface area contributed by atoms with Gasteiger partial charge in [0, 0.05) is 19.1 Å². The van der Waals surface area contributed by atoms with Crippen molar-refractivity contribution in [2.45, 2.75) is 0 Å². The molecule has 0 saturated heterocycles. The van der Waals surface area contributed by atoms with Crippen LogP contribution in [0.2, 0.25) is 5.02 Å². The van der Waals surface area contributed by atoms with Crippen molar-refractivity contribution in [2.75, 3.05) is 19.8 Å². The molecule has 1 rings (SSSR count). The Bertz CT molecular complexity index is 459. The van der Waals surface area contributed by atoms with Crippen molar-refractivity contribution in [3.8, 4) is 5.75 Å². The average molecular weight is 251 g/mol. The predicted molar refractivity (Wildman–Crippen MR) is 59.1 cm³/mol. The van der Waals surface area contributed by atoms with Gasteiger partial charge in [0.2, 0.25) is 0 Å². The lowest BCUT2D eigenvalue weighted by Gasteiger charge is -2.13. The van der Waals surface area contributed by atoms with Gasteiger partial charge in [0.15, 0.2) is 5.75 Å². The molecule has 0 saturated carbocycles. The molecule has 0 amide bonds. The van der Waals surface area contributed by atoms with Crippen LogP contribution in [0.15, 0.2) is 18.2 Å². The van der Waals surface area contributed by atoms with Crippen LogP contribution in [0.25, 0.3) is 0 Å². The van der Waals surface area contributed by atoms with Crippen LogP contribution >= 0.6 is 11.6 Å². The minimum atomic E-state index is -3.78. The first-order chi connectivity index (χ1) is 6.83. The van der Waals surface area contributed by atoms with Crippen LogP contribution in [0, 0.1) is 0 Å². The van der Waals surface area contributed by atoms with E-state index in [1.165, 1.54) is 32.3 Å². The van der Waals surface area contributed by atoms with Gasteiger partial charge in [-0.05, 0) is 18.2 Å². The van der Waals surface area contributed by atoms with Crippen molar-refractivity contribution in [3.05, 3.63) is 23.2 Å². The quantitative estimate of drug-likeness (QED) is 0.816. The molecule has 0 aliphatic heterocycles. The summed E-state index contributed by atoms with van der Waals surface area (Å²) in [4.78, 5) is 0. The van der Waals surface area contributed by atoms with Gasteiger partial charge in [-0.2, -0.15) is 12.7 Å². The predicted octanol–water partition coefficient (Wildman–Crippen LogP) is 1.11. The summed E-state index contributed by atoms with van der Waals surface area (Å²) in [6.07, 6.45) is 0. The summed E-state index contributed by atoms with van der Waals surface area (Å²) in [6, 6.07) is 4.32. The molecule has 0 atom stereocenters. The number of halogens is 1. The van der Waals surface area contributed by atoms with Crippen LogP contribution in [-0.4, -0.2) is 26.8 Å². The summed E-state index contributed by atoms with van der Waals surface area (Å²) in [5.41, 5.74) is 5.71. The Kier molecular flexibility index (Phi) is 3.43. The first kappa shape index (κ1) is 12.1. The number of hydrogen-bond donors (Lipinski definition) is 1. The van der Waals surface area contributed by atoms with E-state index in [0.29, 0.717) is 5.02 Å². The van der Waals surface area contributed by atoms with E-state index in [4.69, 9.17) is 21.5 Å². The summed E-state index contributed by atoms with van der Waals surface area (Å²) in [6.45, 7) is 0. The third-order valence-electron chi connectivity index (χ3n) is 1.61. The van der Waals surface area contributed by atoms with Gasteiger partial charge in [0.25, 0.3) is 0 Å². The highest BCUT2D eigenvalue weighted by Gasteiger charge is 2.17. The van der Waals surface area contributed by atoms with Crippen LogP contribution in [0.4, 0.5) is 5.69 Å². The minimum Gasteiger partial charge on any atom is -0.396 e. The topological polar surface area (TPSA) is 72.6 Å². The number of rotatable bonds is 3. The second-order valence-corrected chi connectivity index (χ2v) is 5.19. The van der Waals surface area contributed by atoms with Gasteiger partial charge in [0.05, 0.1) is 5.69 Å². The van der Waals surface area contributed by atoms with Gasteiger partial charge in [0.1, 0.15) is 0 Å². The molecule has 0 radical (unpaired) electrons. The van der Waals surface area contributed by atoms with Crippen molar-refractivity contribution in [3.63, 3.8) is 0 Å². The fraction of sp³-hybridized carbons (Fsp3) is 0.250. The Balaban J connectivity index is 3.01. The molecule has 7 heteroatoms. The third-order valence-corrected chi connectivity index (χ3v) is 3.13. The Labute approximate surface area is 93.6 Å². The van der Waals surface area contributed by atoms with Crippen LogP contribution in [0.3, 0.4) is 0 Å². The second kappa shape index (κ2) is 4.26. The highest BCUT2D eigenvalue weighted by atomic mass is 35.5. The number of hydrogen-bond acceptors (Lipinski definition) is 4. The zero-order valence-electron chi connectivity index (χ0n) is 8.27. The van der Waals surface area contributed by atoms with Crippen molar-refractivity contribution < 1.29 is 12.6 Å². The maximum Gasteiger partial charge on any atom is 0.384 e. The molecule has 1 aromatic rings. The smallest absolute Gasteiger partial charge is 0.384 e. The average Bonchev–Trinajstić information content (AvgIpc) is 2.09. The van der Waals surface area contributed by atoms with Gasteiger partial charge in [-0.25, -0.2) is 0 Å². The number of anilines is 1. The van der Waals surface area contributed by atoms with Crippen LogP contribution in [0.1, 0.15) is 0 Å². The molecule has 2 N–H and O–H groups in total. The maximum atomic E-state index is 11.4. The summed E-state index contributed by atoms with van der Waals surface area (Å²) in [5, 5.41) is 0.419. The fourth-order valence-corrected chi connectivity index (χ4v) is 1.49. The van der Waals surface area contributed by atoms with Crippen molar-refractivity contribution in [1.29, 1.82) is 0 Å². The zero-order chi connectivity index (χ0) is 11.6. The lowest BCUT2D eigenvalue weighted by molar-refractivity contribution is 0.422. The summed E-state index contributed by atoms with van der Waals surface area (Å²) < 4.78 is 28.4. The van der Waals surface area contributed by atoms with E-state index < -0.39 is 10.3 Å². The van der Waals surface area contributed by atoms with E-state index in [1.54, 1.807) is 0 Å². The molecule has 5 nitrogen and oxygen atoms in total. The minimum absolute atomic E-state index is 0.0631. The first-order valence-electron chi connectivity index (χ1n) is 4.00. The molecule has 0 heterocycles. The zero-order valence-corrected chi connectivity index (χ0v) is 9.84. The van der Waals surface area contributed by atoms with Crippen molar-refractivity contribution in [2.24, 2.45) is 0 Å². The van der Waals surface area contributed by atoms with E-state index in [1.807, 2.05) is 0 Å². The number of benzene rings is 1. The SMILES string of the molecule is CN(C)S(=O)(=O)Oc1ccc(Cl)cc1N. The molecule has 0 bridgehead atoms. The van der Waals surface area contributed by atoms with E-state index >= 15 is 0 Å².